The molecule has 1 amide bonds. The Labute approximate surface area is 162 Å². The third kappa shape index (κ3) is 7.02. The van der Waals surface area contributed by atoms with Gasteiger partial charge < -0.3 is 15.0 Å². The number of piperazine rings is 1. The molecule has 5 nitrogen and oxygen atoms in total. The van der Waals surface area contributed by atoms with Crippen molar-refractivity contribution < 1.29 is 9.53 Å². The van der Waals surface area contributed by atoms with E-state index in [2.05, 4.69) is 10.2 Å². The highest BCUT2D eigenvalue weighted by Crippen LogP contribution is 2.15. The van der Waals surface area contributed by atoms with Crippen LogP contribution in [0.1, 0.15) is 18.4 Å². The van der Waals surface area contributed by atoms with E-state index in [0.29, 0.717) is 6.61 Å². The number of carbonyl (C=O) groups is 1. The van der Waals surface area contributed by atoms with Crippen molar-refractivity contribution in [1.82, 2.24) is 15.1 Å². The molecule has 1 aromatic carbocycles. The summed E-state index contributed by atoms with van der Waals surface area (Å²) in [6, 6.07) is 9.84. The third-order valence-corrected chi connectivity index (χ3v) is 4.81. The van der Waals surface area contributed by atoms with Crippen molar-refractivity contribution in [2.24, 2.45) is 5.92 Å². The summed E-state index contributed by atoms with van der Waals surface area (Å²) < 4.78 is 5.41. The quantitative estimate of drug-likeness (QED) is 0.859. The fourth-order valence-electron chi connectivity index (χ4n) is 3.35. The lowest BCUT2D eigenvalue weighted by molar-refractivity contribution is 0.0663. The Kier molecular flexibility index (Phi) is 10.2. The molecule has 7 heteroatoms. The van der Waals surface area contributed by atoms with Gasteiger partial charge in [-0.05, 0) is 37.4 Å². The SMILES string of the molecule is Cl.Cl.O=C(OCc1ccccc1)N1CCN(CC2CCNCC2)CC1. The number of rotatable bonds is 4. The number of benzene rings is 1. The van der Waals surface area contributed by atoms with Crippen LogP contribution in [0.3, 0.4) is 0 Å². The van der Waals surface area contributed by atoms with Gasteiger partial charge in [0.1, 0.15) is 6.61 Å². The highest BCUT2D eigenvalue weighted by Gasteiger charge is 2.24. The Bertz CT molecular complexity index is 490. The summed E-state index contributed by atoms with van der Waals surface area (Å²) >= 11 is 0. The summed E-state index contributed by atoms with van der Waals surface area (Å²) in [6.45, 7) is 7.31. The van der Waals surface area contributed by atoms with Gasteiger partial charge in [0.15, 0.2) is 0 Å². The van der Waals surface area contributed by atoms with Crippen LogP contribution in [0, 0.1) is 5.92 Å². The monoisotopic (exact) mass is 389 g/mol. The molecule has 3 rings (SSSR count). The van der Waals surface area contributed by atoms with Crippen LogP contribution < -0.4 is 5.32 Å². The van der Waals surface area contributed by atoms with E-state index < -0.39 is 0 Å². The minimum absolute atomic E-state index is 0. The Morgan fingerprint density at radius 2 is 1.68 bits per heavy atom. The van der Waals surface area contributed by atoms with Gasteiger partial charge in [0.2, 0.25) is 0 Å². The summed E-state index contributed by atoms with van der Waals surface area (Å²) in [4.78, 5) is 16.5. The number of hydrogen-bond acceptors (Lipinski definition) is 4. The number of ether oxygens (including phenoxy) is 1. The molecule has 2 fully saturated rings. The number of carbonyl (C=O) groups excluding carboxylic acids is 1. The first kappa shape index (κ1) is 22.0. The van der Waals surface area contributed by atoms with Crippen LogP contribution in [0.5, 0.6) is 0 Å². The zero-order chi connectivity index (χ0) is 15.9. The molecule has 2 saturated heterocycles. The van der Waals surface area contributed by atoms with E-state index in [1.807, 2.05) is 35.2 Å². The van der Waals surface area contributed by atoms with E-state index in [0.717, 1.165) is 50.7 Å². The maximum atomic E-state index is 12.1. The van der Waals surface area contributed by atoms with Crippen LogP contribution in [-0.4, -0.2) is 61.7 Å². The average Bonchev–Trinajstić information content (AvgIpc) is 2.62. The first-order valence-corrected chi connectivity index (χ1v) is 8.70. The molecule has 0 spiro atoms. The fourth-order valence-corrected chi connectivity index (χ4v) is 3.35. The first-order valence-electron chi connectivity index (χ1n) is 8.70. The van der Waals surface area contributed by atoms with Crippen molar-refractivity contribution in [3.63, 3.8) is 0 Å². The molecule has 0 unspecified atom stereocenters. The standard InChI is InChI=1S/C18H27N3O2.2ClH/c22-18(23-15-17-4-2-1-3-5-17)21-12-10-20(11-13-21)14-16-6-8-19-9-7-16;;/h1-5,16,19H,6-15H2;2*1H. The summed E-state index contributed by atoms with van der Waals surface area (Å²) in [5.41, 5.74) is 1.03. The molecule has 0 atom stereocenters. The van der Waals surface area contributed by atoms with Gasteiger partial charge in [-0.2, -0.15) is 0 Å². The first-order chi connectivity index (χ1) is 11.3. The zero-order valence-electron chi connectivity index (χ0n) is 14.6. The maximum absolute atomic E-state index is 12.1. The van der Waals surface area contributed by atoms with Crippen LogP contribution >= 0.6 is 24.8 Å². The molecule has 25 heavy (non-hydrogen) atoms. The van der Waals surface area contributed by atoms with E-state index in [4.69, 9.17) is 4.74 Å². The molecule has 1 N–H and O–H groups in total. The number of amides is 1. The fraction of sp³-hybridized carbons (Fsp3) is 0.611. The van der Waals surface area contributed by atoms with Crippen LogP contribution in [0.25, 0.3) is 0 Å². The van der Waals surface area contributed by atoms with Crippen LogP contribution in [0.4, 0.5) is 4.79 Å². The number of piperidine rings is 1. The van der Waals surface area contributed by atoms with Crippen LogP contribution in [0.15, 0.2) is 30.3 Å². The van der Waals surface area contributed by atoms with E-state index in [1.165, 1.54) is 19.4 Å². The van der Waals surface area contributed by atoms with Crippen molar-refractivity contribution in [3.05, 3.63) is 35.9 Å². The van der Waals surface area contributed by atoms with Crippen LogP contribution in [-0.2, 0) is 11.3 Å². The van der Waals surface area contributed by atoms with Crippen molar-refractivity contribution in [1.29, 1.82) is 0 Å². The molecule has 0 aromatic heterocycles. The lowest BCUT2D eigenvalue weighted by Gasteiger charge is -2.36. The second kappa shape index (κ2) is 11.6. The van der Waals surface area contributed by atoms with Gasteiger partial charge in [0, 0.05) is 32.7 Å². The Balaban J connectivity index is 0.00000156. The zero-order valence-corrected chi connectivity index (χ0v) is 16.2. The Morgan fingerprint density at radius 3 is 2.32 bits per heavy atom. The Hall–Kier alpha value is -1.01. The molecule has 1 aromatic rings. The van der Waals surface area contributed by atoms with E-state index >= 15 is 0 Å². The minimum atomic E-state index is -0.185. The largest absolute Gasteiger partial charge is 0.445 e. The summed E-state index contributed by atoms with van der Waals surface area (Å²) in [5, 5.41) is 3.41. The molecule has 2 aliphatic heterocycles. The minimum Gasteiger partial charge on any atom is -0.445 e. The van der Waals surface area contributed by atoms with Gasteiger partial charge in [-0.1, -0.05) is 30.3 Å². The Morgan fingerprint density at radius 1 is 1.04 bits per heavy atom. The van der Waals surface area contributed by atoms with Crippen molar-refractivity contribution >= 4 is 30.9 Å². The maximum Gasteiger partial charge on any atom is 0.410 e. The summed E-state index contributed by atoms with van der Waals surface area (Å²) in [6.07, 6.45) is 2.37. The number of nitrogens with one attached hydrogen (secondary N) is 1. The van der Waals surface area contributed by atoms with Crippen molar-refractivity contribution in [2.75, 3.05) is 45.8 Å². The molecule has 142 valence electrons. The average molecular weight is 390 g/mol. The van der Waals surface area contributed by atoms with Gasteiger partial charge in [0.25, 0.3) is 0 Å². The normalized spacial score (nSPS) is 18.8. The van der Waals surface area contributed by atoms with E-state index in [9.17, 15) is 4.79 Å². The van der Waals surface area contributed by atoms with Crippen molar-refractivity contribution in [3.8, 4) is 0 Å². The molecule has 0 saturated carbocycles. The van der Waals surface area contributed by atoms with E-state index in [1.54, 1.807) is 0 Å². The lowest BCUT2D eigenvalue weighted by atomic mass is 9.97. The topological polar surface area (TPSA) is 44.8 Å². The van der Waals surface area contributed by atoms with Gasteiger partial charge in [-0.3, -0.25) is 4.90 Å². The molecular weight excluding hydrogens is 361 g/mol. The van der Waals surface area contributed by atoms with E-state index in [-0.39, 0.29) is 30.9 Å². The van der Waals surface area contributed by atoms with Crippen LogP contribution in [0.2, 0.25) is 0 Å². The smallest absolute Gasteiger partial charge is 0.410 e. The van der Waals surface area contributed by atoms with Gasteiger partial charge in [0.05, 0.1) is 0 Å². The molecule has 2 aliphatic rings. The highest BCUT2D eigenvalue weighted by molar-refractivity contribution is 5.85. The van der Waals surface area contributed by atoms with Gasteiger partial charge in [-0.25, -0.2) is 4.79 Å². The predicted molar refractivity (Wildman–Crippen MR) is 105 cm³/mol. The number of hydrogen-bond donors (Lipinski definition) is 1. The third-order valence-electron chi connectivity index (χ3n) is 4.81. The highest BCUT2D eigenvalue weighted by atomic mass is 35.5. The molecule has 0 radical (unpaired) electrons. The lowest BCUT2D eigenvalue weighted by Crippen LogP contribution is -2.50. The van der Waals surface area contributed by atoms with Gasteiger partial charge >= 0.3 is 6.09 Å². The molecule has 0 bridgehead atoms. The second-order valence-corrected chi connectivity index (χ2v) is 6.52. The van der Waals surface area contributed by atoms with Crippen molar-refractivity contribution in [2.45, 2.75) is 19.4 Å². The summed E-state index contributed by atoms with van der Waals surface area (Å²) in [7, 11) is 0. The number of halogens is 2. The second-order valence-electron chi connectivity index (χ2n) is 6.52. The molecular formula is C18H29Cl2N3O2. The summed E-state index contributed by atoms with van der Waals surface area (Å²) in [5.74, 6) is 0.813. The van der Waals surface area contributed by atoms with Gasteiger partial charge in [-0.15, -0.1) is 24.8 Å². The number of nitrogens with zero attached hydrogens (tertiary/aromatic N) is 2. The predicted octanol–water partition coefficient (Wildman–Crippen LogP) is 2.78. The molecule has 0 aliphatic carbocycles. The molecule has 2 heterocycles.